The quantitative estimate of drug-likeness (QED) is 0.124. The van der Waals surface area contributed by atoms with E-state index in [9.17, 15) is 24.4 Å². The number of halogens is 1. The molecule has 16 heteroatoms. The summed E-state index contributed by atoms with van der Waals surface area (Å²) >= 11 is 6.25. The highest BCUT2D eigenvalue weighted by Crippen LogP contribution is 2.55. The zero-order valence-corrected chi connectivity index (χ0v) is 41.0. The molecule has 360 valence electrons. The Hall–Kier alpha value is -5.27. The van der Waals surface area contributed by atoms with Gasteiger partial charge >= 0.3 is 0 Å². The molecule has 2 saturated heterocycles. The lowest BCUT2D eigenvalue weighted by atomic mass is 9.49. The molecule has 4 N–H and O–H groups in total. The number of piperazine rings is 1. The van der Waals surface area contributed by atoms with Crippen LogP contribution < -0.4 is 31.0 Å². The number of aromatic nitrogens is 1. The Morgan fingerprint density at radius 2 is 1.69 bits per heavy atom. The third kappa shape index (κ3) is 11.4. The molecule has 4 fully saturated rings. The second-order valence-electron chi connectivity index (χ2n) is 21.0. The number of nitrogens with zero attached hydrogens (tertiary/aromatic N) is 5. The van der Waals surface area contributed by atoms with Crippen molar-refractivity contribution in [3.63, 3.8) is 0 Å². The maximum Gasteiger partial charge on any atom is 0.260 e. The minimum Gasteiger partial charge on any atom is -0.489 e. The van der Waals surface area contributed by atoms with Gasteiger partial charge in [-0.05, 0) is 72.9 Å². The van der Waals surface area contributed by atoms with Crippen LogP contribution in [-0.4, -0.2) is 115 Å². The van der Waals surface area contributed by atoms with Crippen molar-refractivity contribution in [2.24, 2.45) is 16.2 Å². The molecule has 0 radical (unpaired) electrons. The van der Waals surface area contributed by atoms with Crippen molar-refractivity contribution in [3.05, 3.63) is 88.1 Å². The number of hydrazine groups is 1. The number of carbonyl (C=O) groups is 4. The first-order valence-electron chi connectivity index (χ1n) is 23.7. The predicted octanol–water partition coefficient (Wildman–Crippen LogP) is 5.97. The summed E-state index contributed by atoms with van der Waals surface area (Å²) in [5.41, 5.74) is 4.97. The number of hydrogen-bond acceptors (Lipinski definition) is 11. The van der Waals surface area contributed by atoms with Crippen LogP contribution in [0.15, 0.2) is 60.8 Å². The van der Waals surface area contributed by atoms with Crippen molar-refractivity contribution < 1.29 is 28.7 Å². The Morgan fingerprint density at radius 1 is 0.985 bits per heavy atom. The predicted molar refractivity (Wildman–Crippen MR) is 257 cm³/mol. The molecule has 3 heterocycles. The van der Waals surface area contributed by atoms with Crippen LogP contribution in [0, 0.1) is 27.6 Å². The minimum atomic E-state index is -0.890. The third-order valence-corrected chi connectivity index (χ3v) is 14.5. The Balaban J connectivity index is 0.819. The van der Waals surface area contributed by atoms with Gasteiger partial charge < -0.3 is 30.3 Å². The van der Waals surface area contributed by atoms with Crippen molar-refractivity contribution in [1.82, 2.24) is 36.3 Å². The van der Waals surface area contributed by atoms with Gasteiger partial charge in [0.2, 0.25) is 11.8 Å². The van der Waals surface area contributed by atoms with Crippen LogP contribution in [0.4, 0.5) is 5.82 Å². The summed E-state index contributed by atoms with van der Waals surface area (Å²) in [7, 11) is 0. The highest BCUT2D eigenvalue weighted by molar-refractivity contribution is 6.31. The lowest BCUT2D eigenvalue weighted by molar-refractivity contribution is -0.164. The van der Waals surface area contributed by atoms with Crippen LogP contribution in [0.1, 0.15) is 114 Å². The average molecular weight is 939 g/mol. The zero-order chi connectivity index (χ0) is 48.3. The molecule has 7 rings (SSSR count). The molecule has 2 aliphatic heterocycles. The molecule has 0 unspecified atom stereocenters. The van der Waals surface area contributed by atoms with Crippen LogP contribution in [0.5, 0.6) is 5.75 Å². The van der Waals surface area contributed by atoms with E-state index >= 15 is 0 Å². The number of amides is 4. The largest absolute Gasteiger partial charge is 0.489 e. The van der Waals surface area contributed by atoms with Gasteiger partial charge in [-0.25, -0.2) is 10.4 Å². The monoisotopic (exact) mass is 937 g/mol. The molecular formula is C51H68ClN9O6. The smallest absolute Gasteiger partial charge is 0.260 e. The molecule has 2 aromatic carbocycles. The van der Waals surface area contributed by atoms with E-state index in [-0.39, 0.29) is 42.5 Å². The number of ether oxygens (including phenoxy) is 2. The van der Waals surface area contributed by atoms with E-state index in [1.54, 1.807) is 30.5 Å². The first-order chi connectivity index (χ1) is 31.8. The molecule has 3 atom stereocenters. The SMILES string of the molecule is C[C@@H]1C[C@@H](C(=O)NCc2ccc(C3CCC3)cc2)N(C(=O)[C@@H](NC(=O)COCCN2CCN(c3ccc(C(=O)N[C@H]4C(C)(C)[C@H](Oc5ccc(C#N)c(Cl)c5)C4(C)C)cn3)CC2)C(C)(C)C)N1. The van der Waals surface area contributed by atoms with Gasteiger partial charge in [-0.15, -0.1) is 0 Å². The van der Waals surface area contributed by atoms with E-state index in [2.05, 4.69) is 94.2 Å². The maximum absolute atomic E-state index is 14.1. The number of carbonyl (C=O) groups excluding carboxylic acids is 4. The fourth-order valence-electron chi connectivity index (χ4n) is 10.3. The second kappa shape index (κ2) is 20.5. The summed E-state index contributed by atoms with van der Waals surface area (Å²) in [5.74, 6) is 0.814. The number of rotatable bonds is 16. The van der Waals surface area contributed by atoms with E-state index < -0.39 is 34.2 Å². The molecule has 2 saturated carbocycles. The van der Waals surface area contributed by atoms with Crippen LogP contribution >= 0.6 is 11.6 Å². The fraction of sp³-hybridized carbons (Fsp3) is 0.569. The molecule has 0 spiro atoms. The second-order valence-corrected chi connectivity index (χ2v) is 21.4. The van der Waals surface area contributed by atoms with Crippen molar-refractivity contribution in [1.29, 1.82) is 5.26 Å². The Bertz CT molecular complexity index is 2280. The van der Waals surface area contributed by atoms with Gasteiger partial charge in [0, 0.05) is 74.4 Å². The van der Waals surface area contributed by atoms with Crippen LogP contribution in [0.25, 0.3) is 0 Å². The lowest BCUT2D eigenvalue weighted by Gasteiger charge is -2.63. The first kappa shape index (κ1) is 49.6. The van der Waals surface area contributed by atoms with Gasteiger partial charge in [0.05, 0.1) is 22.8 Å². The minimum absolute atomic E-state index is 0.0997. The molecule has 0 bridgehead atoms. The summed E-state index contributed by atoms with van der Waals surface area (Å²) in [4.78, 5) is 63.4. The molecular weight excluding hydrogens is 870 g/mol. The van der Waals surface area contributed by atoms with Gasteiger partial charge in [0.1, 0.15) is 42.4 Å². The number of nitriles is 1. The van der Waals surface area contributed by atoms with Gasteiger partial charge in [-0.3, -0.25) is 29.1 Å². The summed E-state index contributed by atoms with van der Waals surface area (Å²) < 4.78 is 12.2. The van der Waals surface area contributed by atoms with E-state index in [1.165, 1.54) is 29.8 Å². The summed E-state index contributed by atoms with van der Waals surface area (Å²) in [6, 6.07) is 17.3. The molecule has 1 aromatic heterocycles. The van der Waals surface area contributed by atoms with Crippen LogP contribution in [0.2, 0.25) is 5.02 Å². The number of anilines is 1. The highest BCUT2D eigenvalue weighted by atomic mass is 35.5. The van der Waals surface area contributed by atoms with E-state index in [0.29, 0.717) is 53.9 Å². The van der Waals surface area contributed by atoms with Crippen LogP contribution in [0.3, 0.4) is 0 Å². The summed E-state index contributed by atoms with van der Waals surface area (Å²) in [6.07, 6.45) is 5.61. The lowest BCUT2D eigenvalue weighted by Crippen LogP contribution is -2.74. The molecule has 67 heavy (non-hydrogen) atoms. The van der Waals surface area contributed by atoms with Crippen molar-refractivity contribution in [3.8, 4) is 11.8 Å². The van der Waals surface area contributed by atoms with Gasteiger partial charge in [-0.2, -0.15) is 5.26 Å². The zero-order valence-electron chi connectivity index (χ0n) is 40.3. The number of pyridine rings is 1. The van der Waals surface area contributed by atoms with Crippen molar-refractivity contribution in [2.45, 2.75) is 124 Å². The topological polar surface area (TPSA) is 181 Å². The Labute approximate surface area is 400 Å². The normalized spacial score (nSPS) is 23.0. The summed E-state index contributed by atoms with van der Waals surface area (Å²) in [5, 5.41) is 20.1. The molecule has 4 amide bonds. The van der Waals surface area contributed by atoms with Crippen molar-refractivity contribution >= 4 is 41.0 Å². The molecule has 3 aromatic rings. The number of nitrogens with one attached hydrogen (secondary N) is 4. The third-order valence-electron chi connectivity index (χ3n) is 14.2. The highest BCUT2D eigenvalue weighted by Gasteiger charge is 2.64. The molecule has 2 aliphatic carbocycles. The number of hydrogen-bond donors (Lipinski definition) is 4. The van der Waals surface area contributed by atoms with Gasteiger partial charge in [0.15, 0.2) is 0 Å². The van der Waals surface area contributed by atoms with E-state index in [1.807, 2.05) is 33.8 Å². The Morgan fingerprint density at radius 3 is 2.28 bits per heavy atom. The first-order valence-corrected chi connectivity index (χ1v) is 24.1. The molecule has 15 nitrogen and oxygen atoms in total. The summed E-state index contributed by atoms with van der Waals surface area (Å²) in [6.45, 7) is 20.0. The maximum atomic E-state index is 14.1. The standard InChI is InChI=1S/C51H68ClN9O6/c1-32-26-40(45(64)55-29-33-12-14-35(15-13-33)34-10-9-11-34)61(58-32)46(65)43(49(2,3)4)56-42(62)31-66-25-24-59-20-22-60(23-21-59)41-19-17-37(30-54-41)44(63)57-47-50(5,6)48(51(47,7)8)67-38-18-16-36(28-53)39(52)27-38/h12-19,27,30,32,34,40,43,47-48,58H,9-11,20-26,29,31H2,1-8H3,(H,55,64)(H,56,62)(H,57,63)/t32-,40+,43-,47-,48-/m1/s1. The van der Waals surface area contributed by atoms with E-state index in [0.717, 1.165) is 37.6 Å². The number of benzene rings is 2. The average Bonchev–Trinajstić information content (AvgIpc) is 3.68. The fourth-order valence-corrected chi connectivity index (χ4v) is 10.5. The molecule has 4 aliphatic rings. The van der Waals surface area contributed by atoms with Crippen LogP contribution in [-0.2, 0) is 25.7 Å². The van der Waals surface area contributed by atoms with E-state index in [4.69, 9.17) is 21.1 Å². The van der Waals surface area contributed by atoms with Gasteiger partial charge in [-0.1, -0.05) is 90.8 Å². The van der Waals surface area contributed by atoms with Crippen molar-refractivity contribution in [2.75, 3.05) is 50.8 Å². The van der Waals surface area contributed by atoms with Gasteiger partial charge in [0.25, 0.3) is 11.8 Å². The Kier molecular flexibility index (Phi) is 15.2.